The molecule has 0 aliphatic carbocycles. The minimum absolute atomic E-state index is 0.578. The third-order valence-corrected chi connectivity index (χ3v) is 2.51. The van der Waals surface area contributed by atoms with Gasteiger partial charge in [-0.05, 0) is 11.1 Å². The Labute approximate surface area is 94.8 Å². The molecule has 0 radical (unpaired) electrons. The summed E-state index contributed by atoms with van der Waals surface area (Å²) in [6.45, 7) is 3.78. The number of benzene rings is 2. The van der Waals surface area contributed by atoms with Gasteiger partial charge in [-0.2, -0.15) is 0 Å². The van der Waals surface area contributed by atoms with Crippen molar-refractivity contribution in [3.63, 3.8) is 0 Å². The normalized spacial score (nSPS) is 9.93. The predicted molar refractivity (Wildman–Crippen MR) is 66.8 cm³/mol. The van der Waals surface area contributed by atoms with Crippen molar-refractivity contribution in [3.8, 4) is 11.1 Å². The maximum atomic E-state index is 5.96. The molecule has 2 rings (SSSR count). The minimum Gasteiger partial charge on any atom is -0.0843 e. The fourth-order valence-corrected chi connectivity index (χ4v) is 1.75. The molecule has 2 aromatic rings. The molecule has 0 heterocycles. The van der Waals surface area contributed by atoms with Crippen LogP contribution in [-0.2, 0) is 0 Å². The van der Waals surface area contributed by atoms with E-state index in [4.69, 9.17) is 11.6 Å². The van der Waals surface area contributed by atoms with Gasteiger partial charge in [0.25, 0.3) is 0 Å². The molecular weight excluding hydrogens is 204 g/mol. The highest BCUT2D eigenvalue weighted by Crippen LogP contribution is 2.29. The summed E-state index contributed by atoms with van der Waals surface area (Å²) in [6.07, 6.45) is 0. The molecule has 0 aliphatic rings. The smallest absolute Gasteiger partial charge is 0.0412 e. The zero-order chi connectivity index (χ0) is 10.7. The average Bonchev–Trinajstić information content (AvgIpc) is 2.30. The van der Waals surface area contributed by atoms with Crippen LogP contribution in [0.4, 0.5) is 0 Å². The van der Waals surface area contributed by atoms with Crippen LogP contribution in [0.5, 0.6) is 0 Å². The van der Waals surface area contributed by atoms with Gasteiger partial charge in [-0.25, -0.2) is 0 Å². The molecule has 0 N–H and O–H groups in total. The fourth-order valence-electron chi connectivity index (χ4n) is 1.59. The Kier molecular flexibility index (Phi) is 2.89. The molecule has 0 unspecified atom stereocenters. The lowest BCUT2D eigenvalue weighted by molar-refractivity contribution is 1.59. The van der Waals surface area contributed by atoms with E-state index < -0.39 is 0 Å². The zero-order valence-electron chi connectivity index (χ0n) is 8.28. The second kappa shape index (κ2) is 4.33. The van der Waals surface area contributed by atoms with E-state index >= 15 is 0 Å². The number of hydrogen-bond donors (Lipinski definition) is 0. The van der Waals surface area contributed by atoms with Gasteiger partial charge in [-0.15, -0.1) is 0 Å². The Balaban J connectivity index is 2.58. The second-order valence-electron chi connectivity index (χ2n) is 3.32. The largest absolute Gasteiger partial charge is 0.0843 e. The van der Waals surface area contributed by atoms with Crippen LogP contribution in [0.25, 0.3) is 16.2 Å². The van der Waals surface area contributed by atoms with Crippen molar-refractivity contribution in [2.75, 3.05) is 0 Å². The monoisotopic (exact) mass is 214 g/mol. The lowest BCUT2D eigenvalue weighted by Gasteiger charge is -2.07. The van der Waals surface area contributed by atoms with Crippen molar-refractivity contribution in [2.45, 2.75) is 0 Å². The van der Waals surface area contributed by atoms with Gasteiger partial charge in [0.1, 0.15) is 0 Å². The predicted octanol–water partition coefficient (Wildman–Crippen LogP) is 4.56. The van der Waals surface area contributed by atoms with E-state index in [1.54, 1.807) is 0 Å². The molecule has 0 saturated carbocycles. The Hall–Kier alpha value is -1.53. The Morgan fingerprint density at radius 2 is 1.47 bits per heavy atom. The molecule has 0 aliphatic heterocycles. The molecule has 1 heteroatoms. The van der Waals surface area contributed by atoms with E-state index in [1.165, 1.54) is 0 Å². The molecule has 15 heavy (non-hydrogen) atoms. The van der Waals surface area contributed by atoms with Crippen LogP contribution in [0.15, 0.2) is 61.2 Å². The van der Waals surface area contributed by atoms with Crippen molar-refractivity contribution in [1.82, 2.24) is 0 Å². The summed E-state index contributed by atoms with van der Waals surface area (Å²) < 4.78 is 0. The van der Waals surface area contributed by atoms with Crippen LogP contribution in [0.3, 0.4) is 0 Å². The highest BCUT2D eigenvalue weighted by atomic mass is 35.5. The summed E-state index contributed by atoms with van der Waals surface area (Å²) in [5.74, 6) is 0. The van der Waals surface area contributed by atoms with E-state index in [1.807, 2.05) is 36.4 Å². The van der Waals surface area contributed by atoms with Crippen molar-refractivity contribution in [1.29, 1.82) is 0 Å². The van der Waals surface area contributed by atoms with Gasteiger partial charge in [-0.3, -0.25) is 0 Å². The van der Waals surface area contributed by atoms with E-state index in [-0.39, 0.29) is 0 Å². The van der Waals surface area contributed by atoms with Crippen molar-refractivity contribution in [2.24, 2.45) is 0 Å². The van der Waals surface area contributed by atoms with Gasteiger partial charge in [0, 0.05) is 10.6 Å². The first-order chi connectivity index (χ1) is 7.29. The van der Waals surface area contributed by atoms with Crippen molar-refractivity contribution in [3.05, 3.63) is 66.7 Å². The molecule has 0 aromatic heterocycles. The highest BCUT2D eigenvalue weighted by Gasteiger charge is 2.04. The first-order valence-electron chi connectivity index (χ1n) is 4.78. The van der Waals surface area contributed by atoms with Crippen molar-refractivity contribution < 1.29 is 0 Å². The Morgan fingerprint density at radius 1 is 0.867 bits per heavy atom. The molecule has 0 fully saturated rings. The van der Waals surface area contributed by atoms with Crippen LogP contribution in [0, 0.1) is 0 Å². The lowest BCUT2D eigenvalue weighted by atomic mass is 10.00. The Bertz CT molecular complexity index is 472. The van der Waals surface area contributed by atoms with Crippen LogP contribution in [0.2, 0.25) is 0 Å². The summed E-state index contributed by atoms with van der Waals surface area (Å²) in [5, 5.41) is 0.578. The maximum absolute atomic E-state index is 5.96. The summed E-state index contributed by atoms with van der Waals surface area (Å²) in [5.41, 5.74) is 3.28. The van der Waals surface area contributed by atoms with Crippen molar-refractivity contribution >= 4 is 16.6 Å². The first-order valence-corrected chi connectivity index (χ1v) is 5.16. The van der Waals surface area contributed by atoms with Crippen LogP contribution >= 0.6 is 11.6 Å². The average molecular weight is 215 g/mol. The second-order valence-corrected chi connectivity index (χ2v) is 3.77. The summed E-state index contributed by atoms with van der Waals surface area (Å²) >= 11 is 5.96. The van der Waals surface area contributed by atoms with E-state index in [9.17, 15) is 0 Å². The standard InChI is InChI=1S/C14H11Cl/c1-11(15)13-9-5-6-10-14(13)12-7-3-2-4-8-12/h2-10H,1H2. The minimum atomic E-state index is 0.578. The fraction of sp³-hybridized carbons (Fsp3) is 0. The number of rotatable bonds is 2. The van der Waals surface area contributed by atoms with E-state index in [0.29, 0.717) is 5.03 Å². The number of halogens is 1. The van der Waals surface area contributed by atoms with Gasteiger partial charge >= 0.3 is 0 Å². The van der Waals surface area contributed by atoms with Crippen LogP contribution in [-0.4, -0.2) is 0 Å². The molecular formula is C14H11Cl. The van der Waals surface area contributed by atoms with E-state index in [0.717, 1.165) is 16.7 Å². The quantitative estimate of drug-likeness (QED) is 0.688. The zero-order valence-corrected chi connectivity index (χ0v) is 9.04. The lowest BCUT2D eigenvalue weighted by Crippen LogP contribution is -1.83. The van der Waals surface area contributed by atoms with E-state index in [2.05, 4.69) is 24.8 Å². The summed E-state index contributed by atoms with van der Waals surface area (Å²) in [6, 6.07) is 18.2. The van der Waals surface area contributed by atoms with Crippen LogP contribution in [0.1, 0.15) is 5.56 Å². The molecule has 0 amide bonds. The molecule has 0 bridgehead atoms. The highest BCUT2D eigenvalue weighted by molar-refractivity contribution is 6.48. The van der Waals surface area contributed by atoms with Gasteiger partial charge < -0.3 is 0 Å². The SMILES string of the molecule is C=C(Cl)c1ccccc1-c1ccccc1. The third kappa shape index (κ3) is 2.11. The third-order valence-electron chi connectivity index (χ3n) is 2.30. The summed E-state index contributed by atoms with van der Waals surface area (Å²) in [7, 11) is 0. The van der Waals surface area contributed by atoms with Crippen LogP contribution < -0.4 is 0 Å². The molecule has 0 nitrogen and oxygen atoms in total. The maximum Gasteiger partial charge on any atom is 0.0412 e. The molecule has 0 saturated heterocycles. The molecule has 0 atom stereocenters. The number of hydrogen-bond acceptors (Lipinski definition) is 0. The van der Waals surface area contributed by atoms with Gasteiger partial charge in [0.15, 0.2) is 0 Å². The Morgan fingerprint density at radius 3 is 2.13 bits per heavy atom. The molecule has 74 valence electrons. The molecule has 0 spiro atoms. The van der Waals surface area contributed by atoms with Gasteiger partial charge in [0.05, 0.1) is 0 Å². The first kappa shape index (κ1) is 10.0. The van der Waals surface area contributed by atoms with Gasteiger partial charge in [0.2, 0.25) is 0 Å². The molecule has 2 aromatic carbocycles. The topological polar surface area (TPSA) is 0 Å². The van der Waals surface area contributed by atoms with Gasteiger partial charge in [-0.1, -0.05) is 72.8 Å². The summed E-state index contributed by atoms with van der Waals surface area (Å²) in [4.78, 5) is 0.